The summed E-state index contributed by atoms with van der Waals surface area (Å²) in [6.45, 7) is 0.482. The lowest BCUT2D eigenvalue weighted by Gasteiger charge is -2.20. The van der Waals surface area contributed by atoms with E-state index in [1.54, 1.807) is 0 Å². The van der Waals surface area contributed by atoms with E-state index < -0.39 is 10.9 Å². The minimum Gasteiger partial charge on any atom is -0.450 e. The van der Waals surface area contributed by atoms with E-state index in [1.165, 1.54) is 4.68 Å². The number of benzene rings is 1. The largest absolute Gasteiger partial charge is 0.494 e. The Bertz CT molecular complexity index is 581. The molecular formula is C11H10N4O3. The van der Waals surface area contributed by atoms with Crippen LogP contribution in [0.5, 0.6) is 6.01 Å². The van der Waals surface area contributed by atoms with Crippen LogP contribution in [0.4, 0.5) is 5.95 Å². The maximum absolute atomic E-state index is 10.7. The first-order valence-corrected chi connectivity index (χ1v) is 5.54. The lowest BCUT2D eigenvalue weighted by atomic mass is 10.0. The van der Waals surface area contributed by atoms with Gasteiger partial charge in [0.25, 0.3) is 0 Å². The van der Waals surface area contributed by atoms with Crippen LogP contribution < -0.4 is 4.74 Å². The summed E-state index contributed by atoms with van der Waals surface area (Å²) in [7, 11) is 0. The van der Waals surface area contributed by atoms with Crippen LogP contribution in [0.15, 0.2) is 30.3 Å². The van der Waals surface area contributed by atoms with Crippen LogP contribution in [0.2, 0.25) is 0 Å². The first-order chi connectivity index (χ1) is 8.75. The molecule has 7 nitrogen and oxygen atoms in total. The molecule has 1 aliphatic rings. The molecule has 1 aromatic heterocycles. The molecule has 2 heterocycles. The summed E-state index contributed by atoms with van der Waals surface area (Å²) in [4.78, 5) is 13.8. The van der Waals surface area contributed by atoms with Crippen molar-refractivity contribution < 1.29 is 9.66 Å². The Hall–Kier alpha value is -2.44. The molecule has 18 heavy (non-hydrogen) atoms. The summed E-state index contributed by atoms with van der Waals surface area (Å²) in [5, 5.41) is 14.6. The molecule has 0 N–H and O–H groups in total. The second kappa shape index (κ2) is 4.10. The zero-order valence-corrected chi connectivity index (χ0v) is 9.39. The Kier molecular flexibility index (Phi) is 2.44. The van der Waals surface area contributed by atoms with Gasteiger partial charge in [-0.25, -0.2) is 0 Å². The minimum atomic E-state index is -0.614. The first kappa shape index (κ1) is 10.7. The average Bonchev–Trinajstić information content (AvgIpc) is 2.83. The van der Waals surface area contributed by atoms with Crippen molar-refractivity contribution in [3.63, 3.8) is 0 Å². The van der Waals surface area contributed by atoms with E-state index in [1.807, 2.05) is 30.3 Å². The van der Waals surface area contributed by atoms with Crippen LogP contribution in [0.1, 0.15) is 18.0 Å². The zero-order valence-electron chi connectivity index (χ0n) is 9.39. The number of ether oxygens (including phenoxy) is 1. The van der Waals surface area contributed by atoms with Gasteiger partial charge in [0.15, 0.2) is 0 Å². The molecule has 7 heteroatoms. The molecule has 0 amide bonds. The van der Waals surface area contributed by atoms with Crippen molar-refractivity contribution in [2.45, 2.75) is 12.5 Å². The van der Waals surface area contributed by atoms with Gasteiger partial charge in [-0.3, -0.25) is 0 Å². The fourth-order valence-corrected chi connectivity index (χ4v) is 2.04. The SMILES string of the molecule is O=[N+]([O-])c1nc2n(n1)C(c1ccccc1)CCO2. The van der Waals surface area contributed by atoms with Gasteiger partial charge in [0.2, 0.25) is 0 Å². The van der Waals surface area contributed by atoms with E-state index in [0.717, 1.165) is 12.0 Å². The van der Waals surface area contributed by atoms with Crippen LogP contribution in [-0.2, 0) is 0 Å². The summed E-state index contributed by atoms with van der Waals surface area (Å²) < 4.78 is 6.77. The van der Waals surface area contributed by atoms with Gasteiger partial charge in [0.05, 0.1) is 6.61 Å². The minimum absolute atomic E-state index is 0.0591. The van der Waals surface area contributed by atoms with Gasteiger partial charge in [0, 0.05) is 11.5 Å². The standard InChI is InChI=1S/C11H10N4O3/c16-15(17)10-12-11-14(13-10)9(6-7-18-11)8-4-2-1-3-5-8/h1-5,9H,6-7H2. The molecule has 0 radical (unpaired) electrons. The average molecular weight is 246 g/mol. The fraction of sp³-hybridized carbons (Fsp3) is 0.273. The number of aromatic nitrogens is 3. The highest BCUT2D eigenvalue weighted by Crippen LogP contribution is 2.30. The van der Waals surface area contributed by atoms with Gasteiger partial charge in [-0.1, -0.05) is 30.3 Å². The van der Waals surface area contributed by atoms with Crippen molar-refractivity contribution in [2.75, 3.05) is 6.61 Å². The molecule has 1 unspecified atom stereocenters. The predicted molar refractivity (Wildman–Crippen MR) is 61.4 cm³/mol. The fourth-order valence-electron chi connectivity index (χ4n) is 2.04. The molecule has 1 aliphatic heterocycles. The van der Waals surface area contributed by atoms with Crippen LogP contribution >= 0.6 is 0 Å². The van der Waals surface area contributed by atoms with Crippen molar-refractivity contribution in [3.05, 3.63) is 46.0 Å². The first-order valence-electron chi connectivity index (χ1n) is 5.54. The van der Waals surface area contributed by atoms with E-state index in [9.17, 15) is 10.1 Å². The second-order valence-corrected chi connectivity index (χ2v) is 3.96. The predicted octanol–water partition coefficient (Wildman–Crippen LogP) is 1.56. The molecule has 0 fully saturated rings. The number of hydrogen-bond acceptors (Lipinski definition) is 5. The molecular weight excluding hydrogens is 236 g/mol. The third-order valence-corrected chi connectivity index (χ3v) is 2.85. The maximum atomic E-state index is 10.7. The van der Waals surface area contributed by atoms with Crippen LogP contribution in [0, 0.1) is 10.1 Å². The maximum Gasteiger partial charge on any atom is 0.494 e. The molecule has 1 atom stereocenters. The van der Waals surface area contributed by atoms with Crippen molar-refractivity contribution >= 4 is 5.95 Å². The highest BCUT2D eigenvalue weighted by atomic mass is 16.6. The van der Waals surface area contributed by atoms with E-state index in [-0.39, 0.29) is 12.1 Å². The van der Waals surface area contributed by atoms with Gasteiger partial charge in [0.1, 0.15) is 6.04 Å². The molecule has 0 saturated heterocycles. The number of nitro groups is 1. The Balaban J connectivity index is 2.04. The van der Waals surface area contributed by atoms with Gasteiger partial charge in [-0.2, -0.15) is 0 Å². The zero-order chi connectivity index (χ0) is 12.5. The number of hydrogen-bond donors (Lipinski definition) is 0. The Morgan fingerprint density at radius 1 is 1.39 bits per heavy atom. The van der Waals surface area contributed by atoms with E-state index in [4.69, 9.17) is 4.74 Å². The third-order valence-electron chi connectivity index (χ3n) is 2.85. The smallest absolute Gasteiger partial charge is 0.450 e. The Morgan fingerprint density at radius 3 is 2.89 bits per heavy atom. The molecule has 92 valence electrons. The topological polar surface area (TPSA) is 83.1 Å². The second-order valence-electron chi connectivity index (χ2n) is 3.96. The summed E-state index contributed by atoms with van der Waals surface area (Å²) >= 11 is 0. The molecule has 0 spiro atoms. The van der Waals surface area contributed by atoms with Crippen LogP contribution in [0.25, 0.3) is 0 Å². The Labute approximate surface area is 102 Å². The number of fused-ring (bicyclic) bond motifs is 1. The molecule has 0 saturated carbocycles. The van der Waals surface area contributed by atoms with E-state index >= 15 is 0 Å². The lowest BCUT2D eigenvalue weighted by molar-refractivity contribution is -0.394. The van der Waals surface area contributed by atoms with Gasteiger partial charge >= 0.3 is 12.0 Å². The van der Waals surface area contributed by atoms with Crippen LogP contribution in [0.3, 0.4) is 0 Å². The summed E-state index contributed by atoms with van der Waals surface area (Å²) in [5.74, 6) is -0.423. The van der Waals surface area contributed by atoms with Crippen molar-refractivity contribution in [2.24, 2.45) is 0 Å². The molecule has 3 rings (SSSR count). The number of nitrogens with zero attached hydrogens (tertiary/aromatic N) is 4. The Morgan fingerprint density at radius 2 is 2.17 bits per heavy atom. The molecule has 2 aromatic rings. The van der Waals surface area contributed by atoms with Crippen LogP contribution in [-0.4, -0.2) is 26.3 Å². The lowest BCUT2D eigenvalue weighted by Crippen LogP contribution is -2.22. The summed E-state index contributed by atoms with van der Waals surface area (Å²) in [5.41, 5.74) is 1.04. The van der Waals surface area contributed by atoms with Crippen molar-refractivity contribution in [3.8, 4) is 6.01 Å². The highest BCUT2D eigenvalue weighted by molar-refractivity contribution is 5.23. The monoisotopic (exact) mass is 246 g/mol. The number of rotatable bonds is 2. The van der Waals surface area contributed by atoms with E-state index in [0.29, 0.717) is 6.61 Å². The van der Waals surface area contributed by atoms with Gasteiger partial charge in [-0.15, -0.1) is 4.68 Å². The van der Waals surface area contributed by atoms with Crippen molar-refractivity contribution in [1.29, 1.82) is 0 Å². The third kappa shape index (κ3) is 1.69. The molecule has 0 aliphatic carbocycles. The summed E-state index contributed by atoms with van der Waals surface area (Å²) in [6.07, 6.45) is 0.720. The van der Waals surface area contributed by atoms with Crippen molar-refractivity contribution in [1.82, 2.24) is 14.8 Å². The normalized spacial score (nSPS) is 17.9. The highest BCUT2D eigenvalue weighted by Gasteiger charge is 2.32. The molecule has 0 bridgehead atoms. The summed E-state index contributed by atoms with van der Waals surface area (Å²) in [6, 6.07) is 9.86. The molecule has 1 aromatic carbocycles. The van der Waals surface area contributed by atoms with E-state index in [2.05, 4.69) is 10.1 Å². The van der Waals surface area contributed by atoms with Gasteiger partial charge in [-0.05, 0) is 15.5 Å². The quantitative estimate of drug-likeness (QED) is 0.593. The van der Waals surface area contributed by atoms with Gasteiger partial charge < -0.3 is 14.9 Å².